The number of benzene rings is 2. The highest BCUT2D eigenvalue weighted by Gasteiger charge is 2.31. The number of halogens is 3. The molecule has 6 nitrogen and oxygen atoms in total. The minimum absolute atomic E-state index is 0.0967. The normalized spacial score (nSPS) is 15.1. The summed E-state index contributed by atoms with van der Waals surface area (Å²) in [5.74, 6) is -0.370. The number of thiocarbonyl (C=S) groups is 1. The van der Waals surface area contributed by atoms with Gasteiger partial charge in [-0.25, -0.2) is 0 Å². The molecule has 0 aromatic heterocycles. The third kappa shape index (κ3) is 7.69. The van der Waals surface area contributed by atoms with E-state index in [2.05, 4.69) is 25.2 Å². The van der Waals surface area contributed by atoms with Crippen molar-refractivity contribution < 1.29 is 22.7 Å². The standard InChI is InChI=1S/C22H25F3N4O2S/c1-16(30)26-18-5-3-17(4-6-18)15-28-11-2-12-29(14-13-28)21(32)27-19-7-9-20(10-8-19)31-22(23,24)25/h3-10H,2,11-15H2,1H3,(H,26,30)(H,27,32). The van der Waals surface area contributed by atoms with Crippen LogP contribution >= 0.6 is 12.2 Å². The fraction of sp³-hybridized carbons (Fsp3) is 0.364. The van der Waals surface area contributed by atoms with E-state index in [9.17, 15) is 18.0 Å². The third-order valence-corrected chi connectivity index (χ3v) is 5.26. The Morgan fingerprint density at radius 3 is 2.22 bits per heavy atom. The Morgan fingerprint density at radius 2 is 1.59 bits per heavy atom. The van der Waals surface area contributed by atoms with Crippen LogP contribution in [0.2, 0.25) is 0 Å². The van der Waals surface area contributed by atoms with Crippen molar-refractivity contribution in [3.8, 4) is 5.75 Å². The van der Waals surface area contributed by atoms with Gasteiger partial charge in [-0.15, -0.1) is 13.2 Å². The van der Waals surface area contributed by atoms with Crippen LogP contribution in [0, 0.1) is 0 Å². The summed E-state index contributed by atoms with van der Waals surface area (Å²) in [6.07, 6.45) is -3.78. The van der Waals surface area contributed by atoms with E-state index >= 15 is 0 Å². The van der Waals surface area contributed by atoms with Crippen LogP contribution in [0.1, 0.15) is 18.9 Å². The molecule has 172 valence electrons. The van der Waals surface area contributed by atoms with Gasteiger partial charge in [0.1, 0.15) is 5.75 Å². The molecule has 32 heavy (non-hydrogen) atoms. The number of alkyl halides is 3. The molecule has 1 saturated heterocycles. The van der Waals surface area contributed by atoms with Crippen LogP contribution in [-0.4, -0.2) is 53.4 Å². The van der Waals surface area contributed by atoms with Crippen molar-refractivity contribution in [2.75, 3.05) is 36.8 Å². The van der Waals surface area contributed by atoms with Crippen LogP contribution in [0.15, 0.2) is 48.5 Å². The molecule has 0 radical (unpaired) electrons. The van der Waals surface area contributed by atoms with E-state index in [0.717, 1.165) is 50.4 Å². The quantitative estimate of drug-likeness (QED) is 0.636. The molecule has 3 rings (SSSR count). The maximum Gasteiger partial charge on any atom is 0.573 e. The molecular formula is C22H25F3N4O2S. The minimum atomic E-state index is -4.71. The molecular weight excluding hydrogens is 441 g/mol. The summed E-state index contributed by atoms with van der Waals surface area (Å²) >= 11 is 5.50. The number of carbonyl (C=O) groups excluding carboxylic acids is 1. The molecule has 10 heteroatoms. The van der Waals surface area contributed by atoms with Crippen molar-refractivity contribution in [1.82, 2.24) is 9.80 Å². The first-order chi connectivity index (χ1) is 15.2. The summed E-state index contributed by atoms with van der Waals surface area (Å²) in [5.41, 5.74) is 2.54. The second-order valence-corrected chi connectivity index (χ2v) is 7.88. The first-order valence-electron chi connectivity index (χ1n) is 10.2. The number of anilines is 2. The maximum absolute atomic E-state index is 12.3. The molecule has 0 spiro atoms. The number of nitrogens with one attached hydrogen (secondary N) is 2. The number of rotatable bonds is 5. The first kappa shape index (κ1) is 23.8. The lowest BCUT2D eigenvalue weighted by atomic mass is 10.2. The predicted molar refractivity (Wildman–Crippen MR) is 122 cm³/mol. The highest BCUT2D eigenvalue weighted by molar-refractivity contribution is 7.80. The van der Waals surface area contributed by atoms with Crippen LogP contribution in [0.5, 0.6) is 5.75 Å². The van der Waals surface area contributed by atoms with Gasteiger partial charge in [-0.1, -0.05) is 12.1 Å². The highest BCUT2D eigenvalue weighted by atomic mass is 32.1. The van der Waals surface area contributed by atoms with Crippen molar-refractivity contribution in [2.24, 2.45) is 0 Å². The Morgan fingerprint density at radius 1 is 0.969 bits per heavy atom. The van der Waals surface area contributed by atoms with Gasteiger partial charge >= 0.3 is 6.36 Å². The van der Waals surface area contributed by atoms with Crippen molar-refractivity contribution in [2.45, 2.75) is 26.3 Å². The number of ether oxygens (including phenoxy) is 1. The van der Waals surface area contributed by atoms with Gasteiger partial charge in [0.05, 0.1) is 0 Å². The molecule has 2 aromatic carbocycles. The monoisotopic (exact) mass is 466 g/mol. The average molecular weight is 467 g/mol. The molecule has 1 amide bonds. The van der Waals surface area contributed by atoms with Gasteiger partial charge < -0.3 is 20.3 Å². The van der Waals surface area contributed by atoms with Gasteiger partial charge in [0.25, 0.3) is 0 Å². The number of hydrogen-bond acceptors (Lipinski definition) is 4. The second-order valence-electron chi connectivity index (χ2n) is 7.50. The molecule has 1 fully saturated rings. The van der Waals surface area contributed by atoms with Crippen LogP contribution < -0.4 is 15.4 Å². The van der Waals surface area contributed by atoms with Gasteiger partial charge in [-0.3, -0.25) is 9.69 Å². The Hall–Kier alpha value is -2.85. The highest BCUT2D eigenvalue weighted by Crippen LogP contribution is 2.24. The number of amides is 1. The number of nitrogens with zero attached hydrogens (tertiary/aromatic N) is 2. The molecule has 0 atom stereocenters. The van der Waals surface area contributed by atoms with E-state index in [1.165, 1.54) is 31.2 Å². The Kier molecular flexibility index (Phi) is 7.92. The van der Waals surface area contributed by atoms with Crippen molar-refractivity contribution >= 4 is 34.6 Å². The van der Waals surface area contributed by atoms with Gasteiger partial charge in [0, 0.05) is 51.0 Å². The van der Waals surface area contributed by atoms with E-state index in [-0.39, 0.29) is 11.7 Å². The van der Waals surface area contributed by atoms with Crippen LogP contribution in [0.4, 0.5) is 24.5 Å². The van der Waals surface area contributed by atoms with Crippen molar-refractivity contribution in [1.29, 1.82) is 0 Å². The molecule has 1 heterocycles. The van der Waals surface area contributed by atoms with Crippen LogP contribution in [0.25, 0.3) is 0 Å². The average Bonchev–Trinajstić information content (AvgIpc) is 2.95. The topological polar surface area (TPSA) is 56.8 Å². The van der Waals surface area contributed by atoms with Gasteiger partial charge in [-0.2, -0.15) is 0 Å². The molecule has 2 aromatic rings. The number of carbonyl (C=O) groups is 1. The zero-order valence-corrected chi connectivity index (χ0v) is 18.4. The third-order valence-electron chi connectivity index (χ3n) is 4.90. The first-order valence-corrected chi connectivity index (χ1v) is 10.6. The summed E-state index contributed by atoms with van der Waals surface area (Å²) in [6, 6.07) is 13.3. The molecule has 0 aliphatic carbocycles. The summed E-state index contributed by atoms with van der Waals surface area (Å²) in [7, 11) is 0. The van der Waals surface area contributed by atoms with Gasteiger partial charge in [-0.05, 0) is 60.6 Å². The molecule has 1 aliphatic heterocycles. The van der Waals surface area contributed by atoms with Crippen LogP contribution in [0.3, 0.4) is 0 Å². The summed E-state index contributed by atoms with van der Waals surface area (Å²) < 4.78 is 40.7. The molecule has 2 N–H and O–H groups in total. The molecule has 0 bridgehead atoms. The zero-order chi connectivity index (χ0) is 23.1. The lowest BCUT2D eigenvalue weighted by Gasteiger charge is -2.25. The van der Waals surface area contributed by atoms with E-state index < -0.39 is 6.36 Å². The smallest absolute Gasteiger partial charge is 0.406 e. The summed E-state index contributed by atoms with van der Waals surface area (Å²) in [4.78, 5) is 15.5. The van der Waals surface area contributed by atoms with E-state index in [4.69, 9.17) is 12.2 Å². The lowest BCUT2D eigenvalue weighted by molar-refractivity contribution is -0.274. The summed E-state index contributed by atoms with van der Waals surface area (Å²) in [5, 5.41) is 6.38. The fourth-order valence-corrected chi connectivity index (χ4v) is 3.73. The zero-order valence-electron chi connectivity index (χ0n) is 17.6. The number of hydrogen-bond donors (Lipinski definition) is 2. The van der Waals surface area contributed by atoms with Crippen molar-refractivity contribution in [3.63, 3.8) is 0 Å². The maximum atomic E-state index is 12.3. The second kappa shape index (κ2) is 10.6. The van der Waals surface area contributed by atoms with E-state index in [1.807, 2.05) is 24.3 Å². The largest absolute Gasteiger partial charge is 0.573 e. The predicted octanol–water partition coefficient (Wildman–Crippen LogP) is 4.45. The Bertz CT molecular complexity index is 920. The van der Waals surface area contributed by atoms with Crippen molar-refractivity contribution in [3.05, 3.63) is 54.1 Å². The van der Waals surface area contributed by atoms with E-state index in [0.29, 0.717) is 10.8 Å². The lowest BCUT2D eigenvalue weighted by Crippen LogP contribution is -2.37. The fourth-order valence-electron chi connectivity index (χ4n) is 3.43. The Balaban J connectivity index is 1.49. The summed E-state index contributed by atoms with van der Waals surface area (Å²) in [6.45, 7) is 5.57. The van der Waals surface area contributed by atoms with Gasteiger partial charge in [0.15, 0.2) is 5.11 Å². The van der Waals surface area contributed by atoms with E-state index in [1.54, 1.807) is 0 Å². The van der Waals surface area contributed by atoms with Gasteiger partial charge in [0.2, 0.25) is 5.91 Å². The van der Waals surface area contributed by atoms with Crippen LogP contribution in [-0.2, 0) is 11.3 Å². The molecule has 0 saturated carbocycles. The SMILES string of the molecule is CC(=O)Nc1ccc(CN2CCCN(C(=S)Nc3ccc(OC(F)(F)F)cc3)CC2)cc1. The molecule has 1 aliphatic rings. The Labute approximate surface area is 190 Å². The molecule has 0 unspecified atom stereocenters. The minimum Gasteiger partial charge on any atom is -0.406 e.